The smallest absolute Gasteiger partial charge is 0.340 e. The summed E-state index contributed by atoms with van der Waals surface area (Å²) in [5.41, 5.74) is -0.403. The van der Waals surface area contributed by atoms with Gasteiger partial charge in [-0.15, -0.1) is 11.3 Å². The molecule has 2 aromatic heterocycles. The second kappa shape index (κ2) is 5.31. The number of carboxylic acid groups (broad SMARTS) is 1. The number of aromatic nitrogens is 3. The molecule has 10 heteroatoms. The van der Waals surface area contributed by atoms with Gasteiger partial charge in [-0.3, -0.25) is 5.10 Å². The van der Waals surface area contributed by atoms with Crippen LogP contribution in [0.1, 0.15) is 33.2 Å². The van der Waals surface area contributed by atoms with Crippen LogP contribution in [0.3, 0.4) is 0 Å². The van der Waals surface area contributed by atoms with E-state index in [4.69, 9.17) is 5.11 Å². The number of nitrogens with one attached hydrogen (secondary N) is 2. The molecule has 2 aromatic rings. The van der Waals surface area contributed by atoms with Crippen molar-refractivity contribution in [1.82, 2.24) is 19.9 Å². The predicted octanol–water partition coefficient (Wildman–Crippen LogP) is 0.912. The van der Waals surface area contributed by atoms with Crippen LogP contribution in [-0.4, -0.2) is 34.7 Å². The lowest BCUT2D eigenvalue weighted by atomic mass is 10.4. The van der Waals surface area contributed by atoms with Crippen LogP contribution in [0.15, 0.2) is 17.4 Å². The summed E-state index contributed by atoms with van der Waals surface area (Å²) >= 11 is 1.36. The summed E-state index contributed by atoms with van der Waals surface area (Å²) in [6, 6.07) is -0.566. The normalized spacial score (nSPS) is 13.3. The molecule has 2 rings (SSSR count). The Morgan fingerprint density at radius 2 is 2.20 bits per heavy atom. The molecular weight excluding hydrogens is 304 g/mol. The van der Waals surface area contributed by atoms with E-state index < -0.39 is 32.6 Å². The van der Waals surface area contributed by atoms with Crippen molar-refractivity contribution in [2.75, 3.05) is 0 Å². The number of nitrogens with zero attached hydrogens (tertiary/aromatic N) is 2. The van der Waals surface area contributed by atoms with Gasteiger partial charge in [0, 0.05) is 11.1 Å². The van der Waals surface area contributed by atoms with Gasteiger partial charge in [0.2, 0.25) is 0 Å². The number of carbonyl (C=O) groups is 1. The van der Waals surface area contributed by atoms with E-state index in [1.807, 2.05) is 6.92 Å². The Kier molecular flexibility index (Phi) is 3.88. The van der Waals surface area contributed by atoms with E-state index in [-0.39, 0.29) is 0 Å². The third-order valence-corrected chi connectivity index (χ3v) is 5.05. The van der Waals surface area contributed by atoms with Gasteiger partial charge in [-0.1, -0.05) is 0 Å². The quantitative estimate of drug-likeness (QED) is 0.753. The Hall–Kier alpha value is -1.78. The van der Waals surface area contributed by atoms with Gasteiger partial charge in [-0.05, 0) is 13.8 Å². The number of carboxylic acids is 1. The van der Waals surface area contributed by atoms with Crippen molar-refractivity contribution in [1.29, 1.82) is 0 Å². The molecular formula is C10H12N4O4S2. The Bertz CT molecular complexity index is 734. The summed E-state index contributed by atoms with van der Waals surface area (Å²) in [5, 5.41) is 14.7. The molecule has 2 heterocycles. The fourth-order valence-electron chi connectivity index (χ4n) is 1.55. The number of thiazole rings is 1. The van der Waals surface area contributed by atoms with E-state index in [2.05, 4.69) is 19.9 Å². The minimum Gasteiger partial charge on any atom is -0.478 e. The van der Waals surface area contributed by atoms with Gasteiger partial charge in [0.15, 0.2) is 5.03 Å². The van der Waals surface area contributed by atoms with Gasteiger partial charge < -0.3 is 5.11 Å². The molecule has 8 nitrogen and oxygen atoms in total. The van der Waals surface area contributed by atoms with Gasteiger partial charge in [0.25, 0.3) is 10.0 Å². The van der Waals surface area contributed by atoms with E-state index in [0.29, 0.717) is 5.01 Å². The number of hydrogen-bond donors (Lipinski definition) is 3. The maximum atomic E-state index is 12.1. The van der Waals surface area contributed by atoms with Crippen LogP contribution in [0.5, 0.6) is 0 Å². The lowest BCUT2D eigenvalue weighted by molar-refractivity contribution is 0.0692. The third-order valence-electron chi connectivity index (χ3n) is 2.45. The minimum atomic E-state index is -4.01. The fourth-order valence-corrected chi connectivity index (χ4v) is 3.69. The first-order valence-electron chi connectivity index (χ1n) is 5.52. The number of aromatic carboxylic acids is 1. The van der Waals surface area contributed by atoms with Crippen LogP contribution >= 0.6 is 11.3 Å². The van der Waals surface area contributed by atoms with E-state index in [1.54, 1.807) is 13.1 Å². The van der Waals surface area contributed by atoms with E-state index in [0.717, 1.165) is 11.1 Å². The lowest BCUT2D eigenvalue weighted by Crippen LogP contribution is -2.28. The number of rotatable bonds is 5. The van der Waals surface area contributed by atoms with Crippen molar-refractivity contribution < 1.29 is 18.3 Å². The second-order valence-electron chi connectivity index (χ2n) is 4.07. The third kappa shape index (κ3) is 2.86. The summed E-state index contributed by atoms with van der Waals surface area (Å²) in [6.45, 7) is 3.49. The van der Waals surface area contributed by atoms with Crippen LogP contribution in [-0.2, 0) is 10.0 Å². The van der Waals surface area contributed by atoms with Gasteiger partial charge in [-0.2, -0.15) is 5.10 Å². The van der Waals surface area contributed by atoms with E-state index in [9.17, 15) is 13.2 Å². The van der Waals surface area contributed by atoms with Crippen LogP contribution in [0.2, 0.25) is 0 Å². The standard InChI is InChI=1S/C10H12N4O4S2/c1-5-3-11-8(19-5)6(2)14-20(17,18)9-7(10(15)16)4-12-13-9/h3-4,6,14H,1-2H3,(H,12,13)(H,15,16). The van der Waals surface area contributed by atoms with Crippen LogP contribution in [0.4, 0.5) is 0 Å². The molecule has 0 saturated carbocycles. The Morgan fingerprint density at radius 3 is 2.75 bits per heavy atom. The fraction of sp³-hybridized carbons (Fsp3) is 0.300. The van der Waals surface area contributed by atoms with Gasteiger partial charge in [0.1, 0.15) is 10.6 Å². The zero-order chi connectivity index (χ0) is 14.9. The average molecular weight is 316 g/mol. The molecule has 0 aliphatic rings. The molecule has 0 spiro atoms. The summed E-state index contributed by atoms with van der Waals surface area (Å²) in [7, 11) is -4.01. The number of sulfonamides is 1. The molecule has 0 aromatic carbocycles. The first-order chi connectivity index (χ1) is 9.31. The van der Waals surface area contributed by atoms with Crippen LogP contribution in [0.25, 0.3) is 0 Å². The summed E-state index contributed by atoms with van der Waals surface area (Å²) < 4.78 is 26.6. The Labute approximate surface area is 118 Å². The minimum absolute atomic E-state index is 0.403. The molecule has 0 fully saturated rings. The van der Waals surface area contributed by atoms with Crippen molar-refractivity contribution >= 4 is 27.3 Å². The molecule has 1 unspecified atom stereocenters. The molecule has 108 valence electrons. The SMILES string of the molecule is Cc1cnc(C(C)NS(=O)(=O)c2[nH]ncc2C(=O)O)s1. The molecule has 20 heavy (non-hydrogen) atoms. The molecule has 1 atom stereocenters. The van der Waals surface area contributed by atoms with Gasteiger partial charge in [-0.25, -0.2) is 22.9 Å². The van der Waals surface area contributed by atoms with Crippen LogP contribution in [0, 0.1) is 6.92 Å². The molecule has 0 saturated heterocycles. The maximum absolute atomic E-state index is 12.1. The van der Waals surface area contributed by atoms with Crippen molar-refractivity contribution in [3.63, 3.8) is 0 Å². The molecule has 0 aliphatic heterocycles. The highest BCUT2D eigenvalue weighted by Crippen LogP contribution is 2.21. The first kappa shape index (κ1) is 14.6. The van der Waals surface area contributed by atoms with E-state index >= 15 is 0 Å². The van der Waals surface area contributed by atoms with Crippen molar-refractivity contribution in [2.45, 2.75) is 24.9 Å². The molecule has 3 N–H and O–H groups in total. The average Bonchev–Trinajstić information content (AvgIpc) is 2.96. The summed E-state index contributed by atoms with van der Waals surface area (Å²) in [5.74, 6) is -1.36. The molecule has 0 aliphatic carbocycles. The van der Waals surface area contributed by atoms with Gasteiger partial charge >= 0.3 is 5.97 Å². The molecule has 0 bridgehead atoms. The number of aryl methyl sites for hydroxylation is 1. The van der Waals surface area contributed by atoms with Gasteiger partial charge in [0.05, 0.1) is 12.2 Å². The van der Waals surface area contributed by atoms with E-state index in [1.165, 1.54) is 11.3 Å². The predicted molar refractivity (Wildman–Crippen MR) is 71.1 cm³/mol. The number of hydrogen-bond acceptors (Lipinski definition) is 6. The number of H-pyrrole nitrogens is 1. The first-order valence-corrected chi connectivity index (χ1v) is 7.82. The second-order valence-corrected chi connectivity index (χ2v) is 6.99. The summed E-state index contributed by atoms with van der Waals surface area (Å²) in [4.78, 5) is 16.0. The van der Waals surface area contributed by atoms with Crippen molar-refractivity contribution in [3.05, 3.63) is 27.8 Å². The topological polar surface area (TPSA) is 125 Å². The molecule has 0 radical (unpaired) electrons. The highest BCUT2D eigenvalue weighted by molar-refractivity contribution is 7.89. The monoisotopic (exact) mass is 316 g/mol. The lowest BCUT2D eigenvalue weighted by Gasteiger charge is -2.11. The zero-order valence-corrected chi connectivity index (χ0v) is 12.2. The largest absolute Gasteiger partial charge is 0.478 e. The molecule has 0 amide bonds. The van der Waals surface area contributed by atoms with Crippen molar-refractivity contribution in [2.24, 2.45) is 0 Å². The summed E-state index contributed by atoms with van der Waals surface area (Å²) in [6.07, 6.45) is 2.60. The van der Waals surface area contributed by atoms with Crippen LogP contribution < -0.4 is 4.72 Å². The zero-order valence-electron chi connectivity index (χ0n) is 10.6. The highest BCUT2D eigenvalue weighted by Gasteiger charge is 2.27. The number of aromatic amines is 1. The highest BCUT2D eigenvalue weighted by atomic mass is 32.2. The Morgan fingerprint density at radius 1 is 1.50 bits per heavy atom. The van der Waals surface area contributed by atoms with Crippen molar-refractivity contribution in [3.8, 4) is 0 Å². The maximum Gasteiger partial charge on any atom is 0.340 e. The Balaban J connectivity index is 2.27.